The third-order valence-corrected chi connectivity index (χ3v) is 15.7. The molecule has 11 heteroatoms. The molecule has 0 unspecified atom stereocenters. The number of aromatic hydroxyl groups is 1. The first-order valence-electron chi connectivity index (χ1n) is 19.7. The maximum absolute atomic E-state index is 13.7. The maximum atomic E-state index is 13.7. The van der Waals surface area contributed by atoms with Crippen molar-refractivity contribution in [3.8, 4) is 11.5 Å². The van der Waals surface area contributed by atoms with Gasteiger partial charge in [0.15, 0.2) is 0 Å². The molecule has 7 aliphatic heterocycles. The van der Waals surface area contributed by atoms with Crippen molar-refractivity contribution in [2.75, 3.05) is 51.6 Å². The number of hydrogen-bond acceptors (Lipinski definition) is 11. The van der Waals surface area contributed by atoms with E-state index in [2.05, 4.69) is 58.6 Å². The molecule has 9 atom stereocenters. The van der Waals surface area contributed by atoms with E-state index >= 15 is 0 Å². The Hall–Kier alpha value is -4.32. The Bertz CT molecular complexity index is 2180. The van der Waals surface area contributed by atoms with Crippen molar-refractivity contribution in [1.82, 2.24) is 9.80 Å². The Morgan fingerprint density at radius 3 is 2.30 bits per heavy atom. The number of phenols is 1. The topological polar surface area (TPSA) is 125 Å². The summed E-state index contributed by atoms with van der Waals surface area (Å²) in [6.45, 7) is 7.15. The molecular weight excluding hydrogens is 684 g/mol. The minimum atomic E-state index is -0.504. The Morgan fingerprint density at radius 2 is 1.59 bits per heavy atom. The summed E-state index contributed by atoms with van der Waals surface area (Å²) < 4.78 is 24.1. The molecule has 11 nitrogen and oxygen atoms in total. The summed E-state index contributed by atoms with van der Waals surface area (Å²) >= 11 is 0. The first-order valence-corrected chi connectivity index (χ1v) is 19.7. The molecule has 4 saturated heterocycles. The molecule has 0 saturated carbocycles. The van der Waals surface area contributed by atoms with Crippen molar-refractivity contribution < 1.29 is 33.6 Å². The van der Waals surface area contributed by atoms with Crippen LogP contribution in [0.4, 0.5) is 11.4 Å². The number of ether oxygens (including phenoxy) is 4. The Balaban J connectivity index is 1.11. The highest BCUT2D eigenvalue weighted by Gasteiger charge is 2.77. The van der Waals surface area contributed by atoms with Gasteiger partial charge in [-0.1, -0.05) is 32.1 Å². The minimum absolute atomic E-state index is 0.0222. The quantitative estimate of drug-likeness (QED) is 0.200. The van der Waals surface area contributed by atoms with Crippen molar-refractivity contribution in [2.45, 2.75) is 93.5 Å². The van der Waals surface area contributed by atoms with Gasteiger partial charge in [-0.15, -0.1) is 0 Å². The number of epoxide rings is 1. The monoisotopic (exact) mass is 732 g/mol. The van der Waals surface area contributed by atoms with E-state index < -0.39 is 10.8 Å². The predicted molar refractivity (Wildman–Crippen MR) is 200 cm³/mol. The number of hydrogen-bond donors (Lipinski definition) is 3. The van der Waals surface area contributed by atoms with Gasteiger partial charge in [0.05, 0.1) is 55.5 Å². The van der Waals surface area contributed by atoms with E-state index in [-0.39, 0.29) is 58.9 Å². The molecule has 54 heavy (non-hydrogen) atoms. The molecule has 2 spiro atoms. The largest absolute Gasteiger partial charge is 0.508 e. The van der Waals surface area contributed by atoms with Crippen LogP contribution in [0.15, 0.2) is 65.0 Å². The maximum Gasteiger partial charge on any atom is 0.335 e. The first-order chi connectivity index (χ1) is 26.2. The van der Waals surface area contributed by atoms with Gasteiger partial charge in [-0.25, -0.2) is 9.59 Å². The number of nitrogens with zero attached hydrogens (tertiary/aromatic N) is 2. The average molecular weight is 733 g/mol. The fourth-order valence-electron chi connectivity index (χ4n) is 13.7. The van der Waals surface area contributed by atoms with Crippen molar-refractivity contribution >= 4 is 23.3 Å². The van der Waals surface area contributed by atoms with E-state index in [1.54, 1.807) is 19.2 Å². The third kappa shape index (κ3) is 3.61. The lowest BCUT2D eigenvalue weighted by Crippen LogP contribution is -2.63. The van der Waals surface area contributed by atoms with Crippen LogP contribution in [0.5, 0.6) is 11.5 Å². The number of piperidine rings is 1. The van der Waals surface area contributed by atoms with Gasteiger partial charge in [0, 0.05) is 83.0 Å². The predicted octanol–water partition coefficient (Wildman–Crippen LogP) is 5.42. The van der Waals surface area contributed by atoms with Gasteiger partial charge in [-0.2, -0.15) is 0 Å². The highest BCUT2D eigenvalue weighted by molar-refractivity contribution is 5.94. The second kappa shape index (κ2) is 10.7. The molecule has 0 amide bonds. The number of carbonyl (C=O) groups excluding carboxylic acids is 2. The van der Waals surface area contributed by atoms with E-state index in [0.717, 1.165) is 90.5 Å². The Labute approximate surface area is 315 Å². The van der Waals surface area contributed by atoms with Crippen LogP contribution in [0.1, 0.15) is 75.1 Å². The molecule has 282 valence electrons. The van der Waals surface area contributed by atoms with Gasteiger partial charge >= 0.3 is 11.9 Å². The summed E-state index contributed by atoms with van der Waals surface area (Å²) in [5.41, 5.74) is 7.23. The molecule has 3 N–H and O–H groups in total. The summed E-state index contributed by atoms with van der Waals surface area (Å²) in [6, 6.07) is 10.3. The number of fused-ring (bicyclic) bond motifs is 4. The summed E-state index contributed by atoms with van der Waals surface area (Å²) in [5.74, 6) is 0.428. The first kappa shape index (κ1) is 33.1. The molecule has 7 heterocycles. The second-order valence-electron chi connectivity index (χ2n) is 17.2. The van der Waals surface area contributed by atoms with Crippen LogP contribution < -0.4 is 15.4 Å². The third-order valence-electron chi connectivity index (χ3n) is 15.7. The number of phenolic OH excluding ortho intramolecular Hbond substituents is 1. The van der Waals surface area contributed by atoms with Crippen LogP contribution >= 0.6 is 0 Å². The van der Waals surface area contributed by atoms with Crippen molar-refractivity contribution in [2.24, 2.45) is 10.8 Å². The van der Waals surface area contributed by atoms with Crippen LogP contribution in [0.25, 0.3) is 0 Å². The summed E-state index contributed by atoms with van der Waals surface area (Å²) in [4.78, 5) is 32.6. The highest BCUT2D eigenvalue weighted by atomic mass is 16.6. The molecule has 2 aromatic carbocycles. The number of anilines is 2. The molecule has 0 radical (unpaired) electrons. The zero-order valence-electron chi connectivity index (χ0n) is 31.6. The van der Waals surface area contributed by atoms with Crippen molar-refractivity contribution in [3.05, 3.63) is 81.7 Å². The number of nitrogens with one attached hydrogen (secondary N) is 2. The highest BCUT2D eigenvalue weighted by Crippen LogP contribution is 2.72. The standard InChI is InChI=1S/C43H48N4O7/c1-6-40-11-8-14-46-15-12-43(38(40)46)27-18-23(30(51-3)19-29(27)45-33(43)24(20-40)36(49)52-4)31-32-35(54-32)41(7-2)21-25(37(50)53-5)34-42(13-16-47(31)39(41)42)26-10-9-22(48)17-28(26)44-34/h8-11,17-19,31-32,35,38-39,44-45,48H,6-7,12-16,20-21H2,1-5H3/t31-,32-,35-,38+,39+,40+,41-,42+,43+/m1/s1. The smallest absolute Gasteiger partial charge is 0.335 e. The number of methoxy groups -OCH3 is 3. The lowest BCUT2D eigenvalue weighted by Gasteiger charge is -2.56. The van der Waals surface area contributed by atoms with Crippen LogP contribution in [-0.4, -0.2) is 92.1 Å². The van der Waals surface area contributed by atoms with Gasteiger partial charge in [-0.3, -0.25) is 9.80 Å². The van der Waals surface area contributed by atoms with Crippen LogP contribution in [-0.2, 0) is 34.6 Å². The molecule has 4 fully saturated rings. The van der Waals surface area contributed by atoms with Crippen molar-refractivity contribution in [1.29, 1.82) is 0 Å². The zero-order valence-corrected chi connectivity index (χ0v) is 31.6. The van der Waals surface area contributed by atoms with E-state index in [4.69, 9.17) is 18.9 Å². The SMILES string of the molecule is CC[C@]12C=CCN3CC[C@]4(C(=C(C(=O)OC)C1)Nc1cc(OC)c([C@@H]5[C@H]6O[C@H]6[C@@]6(CC)CC(C(=O)OC)=C7Nc8cc(O)ccc8[C@@]78CCN5[C@@H]68)cc14)[C@@H]32. The van der Waals surface area contributed by atoms with E-state index in [1.807, 2.05) is 6.07 Å². The lowest BCUT2D eigenvalue weighted by atomic mass is 9.52. The van der Waals surface area contributed by atoms with Gasteiger partial charge in [0.1, 0.15) is 17.6 Å². The van der Waals surface area contributed by atoms with Gasteiger partial charge in [0.2, 0.25) is 0 Å². The van der Waals surface area contributed by atoms with Crippen LogP contribution in [0.3, 0.4) is 0 Å². The zero-order chi connectivity index (χ0) is 37.1. The Kier molecular flexibility index (Phi) is 6.55. The van der Waals surface area contributed by atoms with Gasteiger partial charge in [-0.05, 0) is 61.8 Å². The molecule has 9 aliphatic rings. The Morgan fingerprint density at radius 1 is 0.889 bits per heavy atom. The molecule has 2 aromatic rings. The fourth-order valence-corrected chi connectivity index (χ4v) is 13.7. The lowest BCUT2D eigenvalue weighted by molar-refractivity contribution is -0.138. The second-order valence-corrected chi connectivity index (χ2v) is 17.2. The number of rotatable bonds is 6. The number of esters is 2. The molecule has 0 aromatic heterocycles. The summed E-state index contributed by atoms with van der Waals surface area (Å²) in [5, 5.41) is 18.0. The van der Waals surface area contributed by atoms with Crippen molar-refractivity contribution in [3.63, 3.8) is 0 Å². The van der Waals surface area contributed by atoms with Crippen LogP contribution in [0.2, 0.25) is 0 Å². The molecule has 0 bridgehead atoms. The van der Waals surface area contributed by atoms with Crippen LogP contribution in [0, 0.1) is 10.8 Å². The average Bonchev–Trinajstić information content (AvgIpc) is 3.45. The molecule has 2 aliphatic carbocycles. The normalized spacial score (nSPS) is 38.6. The van der Waals surface area contributed by atoms with E-state index in [9.17, 15) is 14.7 Å². The van der Waals surface area contributed by atoms with Gasteiger partial charge < -0.3 is 34.7 Å². The fraction of sp³-hybridized carbons (Fsp3) is 0.535. The summed E-state index contributed by atoms with van der Waals surface area (Å²) in [6.07, 6.45) is 9.23. The number of carbonyl (C=O) groups is 2. The molecule has 11 rings (SSSR count). The van der Waals surface area contributed by atoms with E-state index in [0.29, 0.717) is 18.4 Å². The number of benzene rings is 2. The molecular formula is C43H48N4O7. The van der Waals surface area contributed by atoms with E-state index in [1.165, 1.54) is 19.8 Å². The summed E-state index contributed by atoms with van der Waals surface area (Å²) in [7, 11) is 4.70. The minimum Gasteiger partial charge on any atom is -0.508 e. The van der Waals surface area contributed by atoms with Gasteiger partial charge in [0.25, 0.3) is 0 Å².